The number of rotatable bonds is 4. The second-order valence-corrected chi connectivity index (χ2v) is 9.81. The Labute approximate surface area is 180 Å². The van der Waals surface area contributed by atoms with E-state index in [4.69, 9.17) is 0 Å². The number of pyridine rings is 1. The largest absolute Gasteiger partial charge is 0.436 e. The first-order valence-electron chi connectivity index (χ1n) is 9.45. The van der Waals surface area contributed by atoms with E-state index >= 15 is 4.39 Å². The number of urea groups is 1. The molecule has 176 valence electrons. The van der Waals surface area contributed by atoms with Crippen LogP contribution in [0.2, 0.25) is 0 Å². The van der Waals surface area contributed by atoms with Crippen molar-refractivity contribution >= 4 is 21.6 Å². The number of hydrogen-bond donors (Lipinski definition) is 1. The van der Waals surface area contributed by atoms with Gasteiger partial charge in [-0.05, 0) is 31.9 Å². The van der Waals surface area contributed by atoms with Crippen LogP contribution in [0.25, 0.3) is 0 Å². The van der Waals surface area contributed by atoms with Crippen LogP contribution in [-0.2, 0) is 23.1 Å². The fourth-order valence-electron chi connectivity index (χ4n) is 3.54. The van der Waals surface area contributed by atoms with E-state index in [1.807, 2.05) is 0 Å². The lowest BCUT2D eigenvalue weighted by Crippen LogP contribution is -2.48. The standard InChI is InChI=1S/C18H20F5N5O3S/c1-17(20,32(30,31)13-10-27(2)26-15(13)18(21,22)23)11-5-7-28(8-6-11)16(29)25-12-3-4-14(19)24-9-12/h3-4,9-11H,5-8H2,1-2H3,(H,25,29). The quantitative estimate of drug-likeness (QED) is 0.534. The zero-order valence-corrected chi connectivity index (χ0v) is 17.8. The molecule has 1 N–H and O–H groups in total. The van der Waals surface area contributed by atoms with E-state index in [-0.39, 0.29) is 31.6 Å². The van der Waals surface area contributed by atoms with Gasteiger partial charge in [-0.25, -0.2) is 22.6 Å². The molecule has 0 aliphatic carbocycles. The Kier molecular flexibility index (Phi) is 6.19. The summed E-state index contributed by atoms with van der Waals surface area (Å²) in [5.41, 5.74) is -1.44. The van der Waals surface area contributed by atoms with Crippen molar-refractivity contribution in [2.24, 2.45) is 13.0 Å². The highest BCUT2D eigenvalue weighted by molar-refractivity contribution is 7.92. The molecule has 32 heavy (non-hydrogen) atoms. The maximum absolute atomic E-state index is 15.6. The van der Waals surface area contributed by atoms with E-state index in [1.165, 1.54) is 11.0 Å². The Morgan fingerprint density at radius 1 is 1.19 bits per heavy atom. The summed E-state index contributed by atoms with van der Waals surface area (Å²) in [7, 11) is -3.95. The highest BCUT2D eigenvalue weighted by Crippen LogP contribution is 2.43. The van der Waals surface area contributed by atoms with E-state index in [0.29, 0.717) is 10.9 Å². The number of carbonyl (C=O) groups excluding carboxylic acids is 1. The fraction of sp³-hybridized carbons (Fsp3) is 0.500. The second kappa shape index (κ2) is 8.30. The fourth-order valence-corrected chi connectivity index (χ4v) is 5.35. The minimum atomic E-state index is -5.07. The Morgan fingerprint density at radius 3 is 2.34 bits per heavy atom. The third-order valence-electron chi connectivity index (χ3n) is 5.37. The molecule has 2 aromatic heterocycles. The Hall–Kier alpha value is -2.77. The van der Waals surface area contributed by atoms with Crippen molar-refractivity contribution in [3.8, 4) is 0 Å². The number of likely N-dealkylation sites (tertiary alicyclic amines) is 1. The van der Waals surface area contributed by atoms with E-state index in [9.17, 15) is 30.8 Å². The summed E-state index contributed by atoms with van der Waals surface area (Å²) >= 11 is 0. The maximum atomic E-state index is 15.6. The van der Waals surface area contributed by atoms with Gasteiger partial charge >= 0.3 is 12.2 Å². The SMILES string of the molecule is Cn1cc(S(=O)(=O)C(C)(F)C2CCN(C(=O)Nc3ccc(F)nc3)CC2)c(C(F)(F)F)n1. The van der Waals surface area contributed by atoms with Crippen LogP contribution in [-0.4, -0.2) is 52.2 Å². The molecule has 0 saturated carbocycles. The summed E-state index contributed by atoms with van der Waals surface area (Å²) in [4.78, 5) is 15.8. The Morgan fingerprint density at radius 2 is 1.81 bits per heavy atom. The van der Waals surface area contributed by atoms with Gasteiger partial charge in [0.1, 0.15) is 4.90 Å². The smallest absolute Gasteiger partial charge is 0.325 e. The van der Waals surface area contributed by atoms with Crippen molar-refractivity contribution in [3.63, 3.8) is 0 Å². The summed E-state index contributed by atoms with van der Waals surface area (Å²) in [6, 6.07) is 1.77. The van der Waals surface area contributed by atoms with Crippen molar-refractivity contribution in [2.75, 3.05) is 18.4 Å². The molecule has 0 radical (unpaired) electrons. The van der Waals surface area contributed by atoms with Crippen LogP contribution < -0.4 is 5.32 Å². The second-order valence-electron chi connectivity index (χ2n) is 7.56. The number of carbonyl (C=O) groups is 1. The van der Waals surface area contributed by atoms with Crippen molar-refractivity contribution in [3.05, 3.63) is 36.2 Å². The molecule has 3 heterocycles. The molecule has 0 aromatic carbocycles. The minimum Gasteiger partial charge on any atom is -0.325 e. The van der Waals surface area contributed by atoms with Gasteiger partial charge in [0.05, 0.1) is 11.9 Å². The van der Waals surface area contributed by atoms with Gasteiger partial charge < -0.3 is 10.2 Å². The molecule has 1 fully saturated rings. The Bertz CT molecular complexity index is 1090. The lowest BCUT2D eigenvalue weighted by atomic mass is 9.92. The molecule has 8 nitrogen and oxygen atoms in total. The zero-order valence-electron chi connectivity index (χ0n) is 17.0. The van der Waals surface area contributed by atoms with Gasteiger partial charge in [0.2, 0.25) is 20.8 Å². The molecule has 1 saturated heterocycles. The molecule has 2 aromatic rings. The summed E-state index contributed by atoms with van der Waals surface area (Å²) in [5, 5.41) is 2.61. The van der Waals surface area contributed by atoms with Gasteiger partial charge in [-0.2, -0.15) is 22.7 Å². The van der Waals surface area contributed by atoms with Crippen LogP contribution in [0, 0.1) is 11.9 Å². The van der Waals surface area contributed by atoms with E-state index in [2.05, 4.69) is 15.4 Å². The van der Waals surface area contributed by atoms with Gasteiger partial charge in [0.15, 0.2) is 5.69 Å². The third-order valence-corrected chi connectivity index (χ3v) is 7.63. The molecule has 1 aliphatic rings. The normalized spacial score (nSPS) is 17.8. The average Bonchev–Trinajstić information content (AvgIpc) is 3.13. The van der Waals surface area contributed by atoms with Crippen molar-refractivity contribution in [1.29, 1.82) is 0 Å². The topological polar surface area (TPSA) is 97.2 Å². The summed E-state index contributed by atoms with van der Waals surface area (Å²) in [6.45, 7) is 0.679. The minimum absolute atomic E-state index is 0.0285. The molecule has 0 spiro atoms. The molecule has 1 unspecified atom stereocenters. The number of halogens is 5. The summed E-state index contributed by atoms with van der Waals surface area (Å²) < 4.78 is 94.5. The predicted octanol–water partition coefficient (Wildman–Crippen LogP) is 3.38. The molecular weight excluding hydrogens is 461 g/mol. The predicted molar refractivity (Wildman–Crippen MR) is 102 cm³/mol. The number of nitrogens with zero attached hydrogens (tertiary/aromatic N) is 4. The number of piperidine rings is 1. The molecule has 1 atom stereocenters. The monoisotopic (exact) mass is 481 g/mol. The van der Waals surface area contributed by atoms with Crippen molar-refractivity contribution < 1.29 is 35.2 Å². The van der Waals surface area contributed by atoms with Crippen molar-refractivity contribution in [1.82, 2.24) is 19.7 Å². The molecule has 0 bridgehead atoms. The first-order chi connectivity index (χ1) is 14.7. The Balaban J connectivity index is 1.73. The lowest BCUT2D eigenvalue weighted by Gasteiger charge is -2.37. The molecule has 1 aliphatic heterocycles. The van der Waals surface area contributed by atoms with Crippen LogP contribution in [0.3, 0.4) is 0 Å². The lowest BCUT2D eigenvalue weighted by molar-refractivity contribution is -0.143. The molecule has 3 rings (SSSR count). The number of amides is 2. The van der Waals surface area contributed by atoms with Crippen LogP contribution in [0.1, 0.15) is 25.5 Å². The number of nitrogens with one attached hydrogen (secondary N) is 1. The molecular formula is C18H20F5N5O3S. The van der Waals surface area contributed by atoms with Gasteiger partial charge in [-0.3, -0.25) is 4.68 Å². The highest BCUT2D eigenvalue weighted by atomic mass is 32.2. The molecule has 2 amide bonds. The van der Waals surface area contributed by atoms with Crippen LogP contribution in [0.5, 0.6) is 0 Å². The van der Waals surface area contributed by atoms with Gasteiger partial charge in [0.25, 0.3) is 0 Å². The van der Waals surface area contributed by atoms with Crippen molar-refractivity contribution in [2.45, 2.75) is 35.8 Å². The molecule has 14 heteroatoms. The third kappa shape index (κ3) is 4.54. The van der Waals surface area contributed by atoms with E-state index < -0.39 is 49.5 Å². The first kappa shape index (κ1) is 23.9. The summed E-state index contributed by atoms with van der Waals surface area (Å²) in [6.07, 6.45) is -3.52. The number of sulfone groups is 1. The maximum Gasteiger partial charge on any atom is 0.436 e. The van der Waals surface area contributed by atoms with Crippen LogP contribution in [0.15, 0.2) is 29.4 Å². The van der Waals surface area contributed by atoms with E-state index in [0.717, 1.165) is 26.2 Å². The number of anilines is 1. The number of alkyl halides is 4. The zero-order chi connectivity index (χ0) is 23.9. The van der Waals surface area contributed by atoms with Gasteiger partial charge in [0, 0.05) is 32.3 Å². The highest BCUT2D eigenvalue weighted by Gasteiger charge is 2.52. The number of aromatic nitrogens is 3. The number of hydrogen-bond acceptors (Lipinski definition) is 5. The van der Waals surface area contributed by atoms with Crippen LogP contribution >= 0.6 is 0 Å². The van der Waals surface area contributed by atoms with Gasteiger partial charge in [-0.15, -0.1) is 0 Å². The summed E-state index contributed by atoms with van der Waals surface area (Å²) in [5.74, 6) is -1.88. The van der Waals surface area contributed by atoms with E-state index in [1.54, 1.807) is 0 Å². The van der Waals surface area contributed by atoms with Gasteiger partial charge in [-0.1, -0.05) is 0 Å². The number of aryl methyl sites for hydroxylation is 1. The average molecular weight is 481 g/mol. The van der Waals surface area contributed by atoms with Crippen LogP contribution in [0.4, 0.5) is 32.4 Å². The first-order valence-corrected chi connectivity index (χ1v) is 10.9.